The van der Waals surface area contributed by atoms with E-state index in [4.69, 9.17) is 15.2 Å². The van der Waals surface area contributed by atoms with Crippen molar-refractivity contribution in [2.45, 2.75) is 8.03 Å². The van der Waals surface area contributed by atoms with Crippen LogP contribution < -0.4 is 5.73 Å². The Labute approximate surface area is 74.6 Å². The van der Waals surface area contributed by atoms with E-state index in [1.54, 1.807) is 0 Å². The molecule has 5 heteroatoms. The van der Waals surface area contributed by atoms with Gasteiger partial charge in [-0.15, -0.1) is 0 Å². The summed E-state index contributed by atoms with van der Waals surface area (Å²) in [5.74, 6) is 0. The summed E-state index contributed by atoms with van der Waals surface area (Å²) in [5, 5.41) is 0. The van der Waals surface area contributed by atoms with E-state index in [0.717, 1.165) is 0 Å². The molecule has 1 fully saturated rings. The second-order valence-corrected chi connectivity index (χ2v) is 6.34. The average Bonchev–Trinajstić information content (AvgIpc) is 1.82. The minimum Gasteiger partial charge on any atom is -0.330 e. The minimum atomic E-state index is -0.519. The molecule has 1 unspecified atom stereocenters. The Morgan fingerprint density at radius 3 is 2.38 bits per heavy atom. The van der Waals surface area contributed by atoms with Crippen molar-refractivity contribution >= 4 is 45.2 Å². The Balaban J connectivity index is 2.44. The Morgan fingerprint density at radius 1 is 1.62 bits per heavy atom. The van der Waals surface area contributed by atoms with Gasteiger partial charge in [0.25, 0.3) is 1.80 Å². The van der Waals surface area contributed by atoms with Crippen molar-refractivity contribution in [2.24, 2.45) is 5.73 Å². The SMILES string of the molecule is NC1COC(I)(I)O1. The van der Waals surface area contributed by atoms with Crippen LogP contribution in [-0.2, 0) is 9.47 Å². The van der Waals surface area contributed by atoms with Crippen molar-refractivity contribution < 1.29 is 9.47 Å². The molecule has 2 N–H and O–H groups in total. The molecule has 0 aromatic heterocycles. The maximum absolute atomic E-state index is 5.35. The van der Waals surface area contributed by atoms with E-state index in [1.807, 2.05) is 45.2 Å². The monoisotopic (exact) mass is 341 g/mol. The smallest absolute Gasteiger partial charge is 0.276 e. The zero-order valence-electron chi connectivity index (χ0n) is 3.93. The van der Waals surface area contributed by atoms with Crippen LogP contribution >= 0.6 is 45.2 Å². The summed E-state index contributed by atoms with van der Waals surface area (Å²) in [6.45, 7) is 0.492. The zero-order valence-corrected chi connectivity index (χ0v) is 8.25. The van der Waals surface area contributed by atoms with Gasteiger partial charge >= 0.3 is 0 Å². The maximum atomic E-state index is 5.35. The molecule has 8 heavy (non-hydrogen) atoms. The predicted octanol–water partition coefficient (Wildman–Crippen LogP) is 0.799. The predicted molar refractivity (Wildman–Crippen MR) is 45.8 cm³/mol. The molecule has 1 atom stereocenters. The summed E-state index contributed by atoms with van der Waals surface area (Å²) in [6, 6.07) is 0. The van der Waals surface area contributed by atoms with Crippen molar-refractivity contribution in [1.29, 1.82) is 0 Å². The Morgan fingerprint density at radius 2 is 2.25 bits per heavy atom. The molecule has 1 heterocycles. The number of hydrogen-bond donors (Lipinski definition) is 1. The van der Waals surface area contributed by atoms with Crippen LogP contribution in [0.3, 0.4) is 0 Å². The van der Waals surface area contributed by atoms with Crippen molar-refractivity contribution in [1.82, 2.24) is 0 Å². The third kappa shape index (κ3) is 1.94. The molecule has 1 rings (SSSR count). The lowest BCUT2D eigenvalue weighted by Gasteiger charge is -2.09. The van der Waals surface area contributed by atoms with Crippen LogP contribution in [0.5, 0.6) is 0 Å². The topological polar surface area (TPSA) is 44.5 Å². The molecule has 0 aliphatic carbocycles. The van der Waals surface area contributed by atoms with Gasteiger partial charge in [-0.1, -0.05) is 0 Å². The van der Waals surface area contributed by atoms with E-state index >= 15 is 0 Å². The quantitative estimate of drug-likeness (QED) is 0.524. The summed E-state index contributed by atoms with van der Waals surface area (Å²) < 4.78 is 9.64. The molecule has 3 nitrogen and oxygen atoms in total. The van der Waals surface area contributed by atoms with Crippen LogP contribution in [0.2, 0.25) is 0 Å². The molecule has 1 aliphatic rings. The van der Waals surface area contributed by atoms with E-state index in [1.165, 1.54) is 0 Å². The molecule has 1 saturated heterocycles. The summed E-state index contributed by atoms with van der Waals surface area (Å²) >= 11 is 4.09. The number of hydrogen-bond acceptors (Lipinski definition) is 3. The van der Waals surface area contributed by atoms with Gasteiger partial charge in [0.15, 0.2) is 0 Å². The Bertz CT molecular complexity index is 97.3. The second-order valence-electron chi connectivity index (χ2n) is 1.43. The van der Waals surface area contributed by atoms with Gasteiger partial charge in [-0.3, -0.25) is 0 Å². The van der Waals surface area contributed by atoms with E-state index in [0.29, 0.717) is 6.61 Å². The fourth-order valence-corrected chi connectivity index (χ4v) is 1.44. The standard InChI is InChI=1S/C3H5I2NO2/c4-3(5)7-1-2(6)8-3/h2H,1,6H2. The van der Waals surface area contributed by atoms with Crippen LogP contribution in [0, 0.1) is 0 Å². The summed E-state index contributed by atoms with van der Waals surface area (Å²) in [5.41, 5.74) is 5.35. The third-order valence-electron chi connectivity index (χ3n) is 0.704. The van der Waals surface area contributed by atoms with Crippen LogP contribution in [-0.4, -0.2) is 14.6 Å². The molecule has 0 amide bonds. The van der Waals surface area contributed by atoms with Crippen LogP contribution in [0.15, 0.2) is 0 Å². The van der Waals surface area contributed by atoms with Crippen molar-refractivity contribution in [2.75, 3.05) is 6.61 Å². The second kappa shape index (κ2) is 2.52. The molecular formula is C3H5I2NO2. The fourth-order valence-electron chi connectivity index (χ4n) is 0.423. The number of alkyl halides is 2. The van der Waals surface area contributed by atoms with Gasteiger partial charge < -0.3 is 15.2 Å². The average molecular weight is 341 g/mol. The Kier molecular flexibility index (Phi) is 2.35. The molecule has 0 spiro atoms. The fraction of sp³-hybridized carbons (Fsp3) is 1.00. The van der Waals surface area contributed by atoms with E-state index in [9.17, 15) is 0 Å². The highest BCUT2D eigenvalue weighted by Crippen LogP contribution is 2.35. The number of nitrogens with two attached hydrogens (primary N) is 1. The first-order valence-electron chi connectivity index (χ1n) is 2.05. The van der Waals surface area contributed by atoms with Crippen molar-refractivity contribution in [3.05, 3.63) is 0 Å². The largest absolute Gasteiger partial charge is 0.330 e. The number of halogens is 2. The zero-order chi connectivity index (χ0) is 6.20. The highest BCUT2D eigenvalue weighted by atomic mass is 127. The van der Waals surface area contributed by atoms with Gasteiger partial charge in [-0.25, -0.2) is 0 Å². The first-order valence-corrected chi connectivity index (χ1v) is 4.21. The third-order valence-corrected chi connectivity index (χ3v) is 1.84. The van der Waals surface area contributed by atoms with Gasteiger partial charge in [0.1, 0.15) is 6.23 Å². The van der Waals surface area contributed by atoms with Gasteiger partial charge in [-0.2, -0.15) is 0 Å². The van der Waals surface area contributed by atoms with Gasteiger partial charge in [0, 0.05) is 45.2 Å². The molecule has 0 bridgehead atoms. The highest BCUT2D eigenvalue weighted by Gasteiger charge is 2.34. The number of rotatable bonds is 0. The van der Waals surface area contributed by atoms with Crippen molar-refractivity contribution in [3.63, 3.8) is 0 Å². The normalized spacial score (nSPS) is 35.6. The summed E-state index contributed by atoms with van der Waals surface area (Å²) in [6.07, 6.45) is -0.246. The van der Waals surface area contributed by atoms with E-state index in [-0.39, 0.29) is 6.23 Å². The van der Waals surface area contributed by atoms with E-state index in [2.05, 4.69) is 0 Å². The summed E-state index contributed by atoms with van der Waals surface area (Å²) in [7, 11) is 0. The molecule has 1 aliphatic heterocycles. The highest BCUT2D eigenvalue weighted by molar-refractivity contribution is 14.2. The maximum Gasteiger partial charge on any atom is 0.276 e. The van der Waals surface area contributed by atoms with Crippen LogP contribution in [0.1, 0.15) is 0 Å². The molecule has 0 saturated carbocycles. The molecular weight excluding hydrogens is 336 g/mol. The van der Waals surface area contributed by atoms with Crippen LogP contribution in [0.25, 0.3) is 0 Å². The molecule has 0 aromatic rings. The summed E-state index contributed by atoms with van der Waals surface area (Å²) in [4.78, 5) is 0. The lowest BCUT2D eigenvalue weighted by atomic mass is 10.7. The van der Waals surface area contributed by atoms with Gasteiger partial charge in [0.2, 0.25) is 0 Å². The number of ether oxygens (including phenoxy) is 2. The first-order chi connectivity index (χ1) is 3.60. The molecule has 0 radical (unpaired) electrons. The van der Waals surface area contributed by atoms with Crippen molar-refractivity contribution in [3.8, 4) is 0 Å². The van der Waals surface area contributed by atoms with E-state index < -0.39 is 1.80 Å². The minimum absolute atomic E-state index is 0.246. The van der Waals surface area contributed by atoms with Crippen LogP contribution in [0.4, 0.5) is 0 Å². The molecule has 48 valence electrons. The molecule has 0 aromatic carbocycles. The lowest BCUT2D eigenvalue weighted by molar-refractivity contribution is 0.0155. The Hall–Kier alpha value is 1.34. The van der Waals surface area contributed by atoms with Gasteiger partial charge in [0.05, 0.1) is 6.61 Å². The lowest BCUT2D eigenvalue weighted by Crippen LogP contribution is -2.23. The first kappa shape index (κ1) is 7.45. The van der Waals surface area contributed by atoms with Gasteiger partial charge in [-0.05, 0) is 0 Å².